The first-order valence-electron chi connectivity index (χ1n) is 6.17. The van der Waals surface area contributed by atoms with Crippen LogP contribution in [0.1, 0.15) is 12.0 Å². The van der Waals surface area contributed by atoms with Gasteiger partial charge in [-0.25, -0.2) is 4.98 Å². The van der Waals surface area contributed by atoms with E-state index in [2.05, 4.69) is 4.98 Å². The Morgan fingerprint density at radius 3 is 3.10 bits per heavy atom. The molecule has 1 aromatic rings. The van der Waals surface area contributed by atoms with E-state index in [1.807, 2.05) is 0 Å². The van der Waals surface area contributed by atoms with Crippen LogP contribution in [0.15, 0.2) is 12.3 Å². The van der Waals surface area contributed by atoms with Gasteiger partial charge < -0.3 is 10.0 Å². The van der Waals surface area contributed by atoms with Gasteiger partial charge in [0.25, 0.3) is 0 Å². The van der Waals surface area contributed by atoms with E-state index in [1.54, 1.807) is 29.7 Å². The average Bonchev–Trinajstić information content (AvgIpc) is 2.38. The lowest BCUT2D eigenvalue weighted by molar-refractivity contribution is -0.384. The molecule has 1 aliphatic heterocycles. The molecule has 1 N–H and O–H groups in total. The van der Waals surface area contributed by atoms with Crippen LogP contribution >= 0.6 is 11.8 Å². The Kier molecular flexibility index (Phi) is 4.43. The number of nitro groups is 1. The standard InChI is InChI=1S/C12H15N3O4S/c1-8-2-3-13-12(11(8)15(18)19)14-4-5-20-7-9(14)6-10(16)17/h2-3,9H,4-7H2,1H3,(H,16,17). The van der Waals surface area contributed by atoms with E-state index in [9.17, 15) is 14.9 Å². The number of aromatic nitrogens is 1. The average molecular weight is 297 g/mol. The molecule has 1 aliphatic rings. The summed E-state index contributed by atoms with van der Waals surface area (Å²) in [5.74, 6) is 0.821. The summed E-state index contributed by atoms with van der Waals surface area (Å²) in [6.45, 7) is 2.23. The number of hydrogen-bond acceptors (Lipinski definition) is 6. The summed E-state index contributed by atoms with van der Waals surface area (Å²) in [7, 11) is 0. The summed E-state index contributed by atoms with van der Waals surface area (Å²) in [6.07, 6.45) is 1.48. The predicted molar refractivity (Wildman–Crippen MR) is 76.3 cm³/mol. The monoisotopic (exact) mass is 297 g/mol. The molecule has 0 spiro atoms. The Labute approximate surface area is 120 Å². The normalized spacial score (nSPS) is 18.9. The van der Waals surface area contributed by atoms with E-state index in [4.69, 9.17) is 5.11 Å². The Bertz CT molecular complexity index is 537. The lowest BCUT2D eigenvalue weighted by Crippen LogP contribution is -2.44. The number of carbonyl (C=O) groups is 1. The van der Waals surface area contributed by atoms with Gasteiger partial charge in [-0.05, 0) is 13.0 Å². The second kappa shape index (κ2) is 6.08. The van der Waals surface area contributed by atoms with Crippen LogP contribution in [-0.4, -0.2) is 45.1 Å². The van der Waals surface area contributed by atoms with E-state index in [0.29, 0.717) is 17.9 Å². The van der Waals surface area contributed by atoms with Crippen molar-refractivity contribution in [2.24, 2.45) is 0 Å². The van der Waals surface area contributed by atoms with Gasteiger partial charge in [0, 0.05) is 29.8 Å². The third kappa shape index (κ3) is 3.01. The fourth-order valence-electron chi connectivity index (χ4n) is 2.28. The molecule has 2 heterocycles. The van der Waals surface area contributed by atoms with Crippen molar-refractivity contribution in [3.63, 3.8) is 0 Å². The molecule has 108 valence electrons. The number of hydrogen-bond donors (Lipinski definition) is 1. The summed E-state index contributed by atoms with van der Waals surface area (Å²) in [5, 5.41) is 20.2. The largest absolute Gasteiger partial charge is 0.481 e. The second-order valence-electron chi connectivity index (χ2n) is 4.58. The van der Waals surface area contributed by atoms with Gasteiger partial charge in [0.2, 0.25) is 5.82 Å². The smallest absolute Gasteiger partial charge is 0.314 e. The zero-order valence-corrected chi connectivity index (χ0v) is 11.8. The van der Waals surface area contributed by atoms with Gasteiger partial charge in [-0.3, -0.25) is 14.9 Å². The topological polar surface area (TPSA) is 96.6 Å². The molecular formula is C12H15N3O4S. The number of pyridine rings is 1. The van der Waals surface area contributed by atoms with Crippen molar-refractivity contribution in [2.75, 3.05) is 23.0 Å². The SMILES string of the molecule is Cc1ccnc(N2CCSCC2CC(=O)O)c1[N+](=O)[O-]. The van der Waals surface area contributed by atoms with Crippen molar-refractivity contribution in [1.29, 1.82) is 0 Å². The predicted octanol–water partition coefficient (Wildman–Crippen LogP) is 1.69. The lowest BCUT2D eigenvalue weighted by atomic mass is 10.1. The molecule has 20 heavy (non-hydrogen) atoms. The van der Waals surface area contributed by atoms with Crippen LogP contribution in [0.2, 0.25) is 0 Å². The maximum atomic E-state index is 11.2. The molecular weight excluding hydrogens is 282 g/mol. The third-order valence-corrected chi connectivity index (χ3v) is 4.29. The number of thioether (sulfide) groups is 1. The van der Waals surface area contributed by atoms with Gasteiger partial charge in [0.05, 0.1) is 17.4 Å². The van der Waals surface area contributed by atoms with Gasteiger partial charge in [-0.1, -0.05) is 0 Å². The molecule has 1 aromatic heterocycles. The minimum absolute atomic E-state index is 0.0326. The molecule has 2 rings (SSSR count). The van der Waals surface area contributed by atoms with Gasteiger partial charge in [0.15, 0.2) is 0 Å². The van der Waals surface area contributed by atoms with Crippen LogP contribution in [-0.2, 0) is 4.79 Å². The van der Waals surface area contributed by atoms with E-state index in [0.717, 1.165) is 5.75 Å². The molecule has 0 bridgehead atoms. The van der Waals surface area contributed by atoms with E-state index in [1.165, 1.54) is 6.20 Å². The molecule has 7 nitrogen and oxygen atoms in total. The Morgan fingerprint density at radius 1 is 1.70 bits per heavy atom. The van der Waals surface area contributed by atoms with E-state index in [-0.39, 0.29) is 24.0 Å². The zero-order chi connectivity index (χ0) is 14.7. The fraction of sp³-hybridized carbons (Fsp3) is 0.500. The molecule has 1 unspecified atom stereocenters. The van der Waals surface area contributed by atoms with Crippen LogP contribution in [0.25, 0.3) is 0 Å². The number of anilines is 1. The Hall–Kier alpha value is -1.83. The van der Waals surface area contributed by atoms with Gasteiger partial charge >= 0.3 is 11.7 Å². The highest BCUT2D eigenvalue weighted by molar-refractivity contribution is 7.99. The summed E-state index contributed by atoms with van der Waals surface area (Å²) < 4.78 is 0. The van der Waals surface area contributed by atoms with E-state index >= 15 is 0 Å². The first-order chi connectivity index (χ1) is 9.50. The highest BCUT2D eigenvalue weighted by atomic mass is 32.2. The first-order valence-corrected chi connectivity index (χ1v) is 7.32. The number of nitrogens with zero attached hydrogens (tertiary/aromatic N) is 3. The molecule has 0 saturated carbocycles. The molecule has 8 heteroatoms. The number of aliphatic carboxylic acids is 1. The number of carboxylic acids is 1. The molecule has 0 aromatic carbocycles. The maximum Gasteiger partial charge on any atom is 0.314 e. The number of carboxylic acid groups (broad SMARTS) is 1. The minimum Gasteiger partial charge on any atom is -0.481 e. The number of aryl methyl sites for hydroxylation is 1. The van der Waals surface area contributed by atoms with Crippen LogP contribution in [0.3, 0.4) is 0 Å². The quantitative estimate of drug-likeness (QED) is 0.667. The van der Waals surface area contributed by atoms with Gasteiger partial charge in [-0.2, -0.15) is 11.8 Å². The maximum absolute atomic E-state index is 11.2. The highest BCUT2D eigenvalue weighted by Gasteiger charge is 2.31. The highest BCUT2D eigenvalue weighted by Crippen LogP contribution is 2.33. The Balaban J connectivity index is 2.39. The summed E-state index contributed by atoms with van der Waals surface area (Å²) >= 11 is 1.66. The second-order valence-corrected chi connectivity index (χ2v) is 5.73. The third-order valence-electron chi connectivity index (χ3n) is 3.20. The van der Waals surface area contributed by atoms with Crippen LogP contribution < -0.4 is 4.90 Å². The zero-order valence-electron chi connectivity index (χ0n) is 11.0. The minimum atomic E-state index is -0.905. The van der Waals surface area contributed by atoms with Gasteiger partial charge in [-0.15, -0.1) is 0 Å². The fourth-order valence-corrected chi connectivity index (χ4v) is 3.34. The molecule has 1 saturated heterocycles. The van der Waals surface area contributed by atoms with Crippen LogP contribution in [0.5, 0.6) is 0 Å². The lowest BCUT2D eigenvalue weighted by Gasteiger charge is -2.35. The van der Waals surface area contributed by atoms with Crippen molar-refractivity contribution >= 4 is 29.2 Å². The first kappa shape index (κ1) is 14.6. The van der Waals surface area contributed by atoms with Crippen molar-refractivity contribution in [2.45, 2.75) is 19.4 Å². The van der Waals surface area contributed by atoms with Crippen molar-refractivity contribution < 1.29 is 14.8 Å². The van der Waals surface area contributed by atoms with Crippen LogP contribution in [0, 0.1) is 17.0 Å². The van der Waals surface area contributed by atoms with Crippen molar-refractivity contribution in [3.8, 4) is 0 Å². The number of rotatable bonds is 4. The molecule has 1 fully saturated rings. The molecule has 0 radical (unpaired) electrons. The molecule has 1 atom stereocenters. The van der Waals surface area contributed by atoms with Crippen molar-refractivity contribution in [3.05, 3.63) is 27.9 Å². The molecule has 0 aliphatic carbocycles. The Morgan fingerprint density at radius 2 is 2.45 bits per heavy atom. The molecule has 0 amide bonds. The summed E-state index contributed by atoms with van der Waals surface area (Å²) in [4.78, 5) is 27.6. The summed E-state index contributed by atoms with van der Waals surface area (Å²) in [6, 6.07) is 1.33. The van der Waals surface area contributed by atoms with Crippen molar-refractivity contribution in [1.82, 2.24) is 4.98 Å². The van der Waals surface area contributed by atoms with E-state index < -0.39 is 10.9 Å². The van der Waals surface area contributed by atoms with Crippen LogP contribution in [0.4, 0.5) is 11.5 Å². The summed E-state index contributed by atoms with van der Waals surface area (Å²) in [5.41, 5.74) is 0.502. The van der Waals surface area contributed by atoms with Gasteiger partial charge in [0.1, 0.15) is 0 Å².